The third-order valence-corrected chi connectivity index (χ3v) is 2.54. The largest absolute Gasteiger partial charge is 0.507 e. The molecule has 0 bridgehead atoms. The van der Waals surface area contributed by atoms with Crippen LogP contribution in [-0.2, 0) is 6.54 Å². The first kappa shape index (κ1) is 12.2. The van der Waals surface area contributed by atoms with Crippen molar-refractivity contribution >= 4 is 5.91 Å². The Balaban J connectivity index is 2.15. The molecule has 0 aliphatic heterocycles. The number of nitrogens with zero attached hydrogens (tertiary/aromatic N) is 1. The summed E-state index contributed by atoms with van der Waals surface area (Å²) in [5.74, 6) is -1.32. The van der Waals surface area contributed by atoms with Gasteiger partial charge in [0, 0.05) is 25.2 Å². The van der Waals surface area contributed by atoms with E-state index in [1.807, 2.05) is 0 Å². The second kappa shape index (κ2) is 4.91. The standard InChI is InChI=1S/C13H12FNO3/c1-15(7-9-4-5-18-8-9)13(17)11-3-2-10(14)6-12(11)16/h2-6,8,16H,7H2,1H3. The van der Waals surface area contributed by atoms with E-state index >= 15 is 0 Å². The lowest BCUT2D eigenvalue weighted by molar-refractivity contribution is 0.0782. The molecule has 2 rings (SSSR count). The number of phenols is 1. The van der Waals surface area contributed by atoms with E-state index in [1.54, 1.807) is 13.1 Å². The molecule has 1 amide bonds. The maximum absolute atomic E-state index is 12.8. The summed E-state index contributed by atoms with van der Waals surface area (Å²) in [6, 6.07) is 5.06. The van der Waals surface area contributed by atoms with Crippen molar-refractivity contribution in [2.75, 3.05) is 7.05 Å². The van der Waals surface area contributed by atoms with Crippen LogP contribution in [0, 0.1) is 5.82 Å². The maximum atomic E-state index is 12.8. The third kappa shape index (κ3) is 2.51. The van der Waals surface area contributed by atoms with Gasteiger partial charge in [-0.3, -0.25) is 4.79 Å². The van der Waals surface area contributed by atoms with Crippen LogP contribution in [0.3, 0.4) is 0 Å². The van der Waals surface area contributed by atoms with Crippen molar-refractivity contribution in [2.45, 2.75) is 6.54 Å². The highest BCUT2D eigenvalue weighted by atomic mass is 19.1. The first-order valence-electron chi connectivity index (χ1n) is 5.33. The summed E-state index contributed by atoms with van der Waals surface area (Å²) in [5, 5.41) is 9.53. The summed E-state index contributed by atoms with van der Waals surface area (Å²) in [6.07, 6.45) is 3.05. The highest BCUT2D eigenvalue weighted by Crippen LogP contribution is 2.20. The fraction of sp³-hybridized carbons (Fsp3) is 0.154. The van der Waals surface area contributed by atoms with Crippen molar-refractivity contribution in [3.8, 4) is 5.75 Å². The minimum atomic E-state index is -0.582. The number of halogens is 1. The Kier molecular flexibility index (Phi) is 3.32. The molecular formula is C13H12FNO3. The Labute approximate surface area is 103 Å². The summed E-state index contributed by atoms with van der Waals surface area (Å²) in [4.78, 5) is 13.4. The molecule has 0 saturated carbocycles. The normalized spacial score (nSPS) is 10.3. The molecule has 0 spiro atoms. The highest BCUT2D eigenvalue weighted by Gasteiger charge is 2.16. The number of amides is 1. The third-order valence-electron chi connectivity index (χ3n) is 2.54. The average Bonchev–Trinajstić information content (AvgIpc) is 2.81. The number of aromatic hydroxyl groups is 1. The molecule has 0 radical (unpaired) electrons. The highest BCUT2D eigenvalue weighted by molar-refractivity contribution is 5.96. The lowest BCUT2D eigenvalue weighted by Gasteiger charge is -2.16. The summed E-state index contributed by atoms with van der Waals surface area (Å²) in [6.45, 7) is 0.353. The predicted molar refractivity (Wildman–Crippen MR) is 62.6 cm³/mol. The number of benzene rings is 1. The molecule has 0 saturated heterocycles. The molecule has 1 aromatic carbocycles. The molecule has 1 aromatic heterocycles. The van der Waals surface area contributed by atoms with E-state index in [0.29, 0.717) is 6.54 Å². The number of furan rings is 1. The van der Waals surface area contributed by atoms with Crippen LogP contribution in [0.2, 0.25) is 0 Å². The van der Waals surface area contributed by atoms with Gasteiger partial charge in [0.15, 0.2) is 0 Å². The molecule has 4 nitrogen and oxygen atoms in total. The van der Waals surface area contributed by atoms with Crippen LogP contribution in [0.4, 0.5) is 4.39 Å². The zero-order valence-corrected chi connectivity index (χ0v) is 9.76. The number of carbonyl (C=O) groups is 1. The van der Waals surface area contributed by atoms with Gasteiger partial charge < -0.3 is 14.4 Å². The Morgan fingerprint density at radius 1 is 1.44 bits per heavy atom. The van der Waals surface area contributed by atoms with Crippen molar-refractivity contribution in [2.24, 2.45) is 0 Å². The first-order valence-corrected chi connectivity index (χ1v) is 5.33. The molecule has 1 N–H and O–H groups in total. The molecule has 0 unspecified atom stereocenters. The minimum absolute atomic E-state index is 0.0717. The van der Waals surface area contributed by atoms with Crippen LogP contribution in [0.15, 0.2) is 41.2 Å². The van der Waals surface area contributed by atoms with Crippen LogP contribution in [0.5, 0.6) is 5.75 Å². The number of rotatable bonds is 3. The molecule has 18 heavy (non-hydrogen) atoms. The van der Waals surface area contributed by atoms with Crippen LogP contribution in [0.25, 0.3) is 0 Å². The van der Waals surface area contributed by atoms with Crippen LogP contribution >= 0.6 is 0 Å². The topological polar surface area (TPSA) is 53.7 Å². The monoisotopic (exact) mass is 249 g/mol. The van der Waals surface area contributed by atoms with E-state index in [-0.39, 0.29) is 17.2 Å². The Morgan fingerprint density at radius 2 is 2.22 bits per heavy atom. The van der Waals surface area contributed by atoms with Gasteiger partial charge in [-0.25, -0.2) is 4.39 Å². The zero-order chi connectivity index (χ0) is 13.1. The minimum Gasteiger partial charge on any atom is -0.507 e. The number of hydrogen-bond donors (Lipinski definition) is 1. The van der Waals surface area contributed by atoms with Crippen LogP contribution < -0.4 is 0 Å². The Hall–Kier alpha value is -2.30. The molecule has 5 heteroatoms. The van der Waals surface area contributed by atoms with Crippen molar-refractivity contribution in [1.82, 2.24) is 4.90 Å². The van der Waals surface area contributed by atoms with Gasteiger partial charge in [0.2, 0.25) is 0 Å². The quantitative estimate of drug-likeness (QED) is 0.908. The fourth-order valence-electron chi connectivity index (χ4n) is 1.62. The summed E-state index contributed by atoms with van der Waals surface area (Å²) >= 11 is 0. The molecule has 94 valence electrons. The summed E-state index contributed by atoms with van der Waals surface area (Å²) in [5.41, 5.74) is 0.912. The maximum Gasteiger partial charge on any atom is 0.257 e. The van der Waals surface area contributed by atoms with Crippen LogP contribution in [0.1, 0.15) is 15.9 Å². The molecule has 2 aromatic rings. The number of carbonyl (C=O) groups excluding carboxylic acids is 1. The van der Waals surface area contributed by atoms with Gasteiger partial charge in [-0.05, 0) is 18.2 Å². The lowest BCUT2D eigenvalue weighted by Crippen LogP contribution is -2.26. The van der Waals surface area contributed by atoms with E-state index in [9.17, 15) is 14.3 Å². The smallest absolute Gasteiger partial charge is 0.257 e. The Bertz CT molecular complexity index is 551. The van der Waals surface area contributed by atoms with Crippen molar-refractivity contribution in [3.63, 3.8) is 0 Å². The van der Waals surface area contributed by atoms with Gasteiger partial charge in [0.25, 0.3) is 5.91 Å². The number of phenolic OH excluding ortho intramolecular Hbond substituents is 1. The molecule has 0 atom stereocenters. The van der Waals surface area contributed by atoms with Crippen molar-refractivity contribution < 1.29 is 18.7 Å². The van der Waals surface area contributed by atoms with E-state index < -0.39 is 5.82 Å². The molecule has 0 fully saturated rings. The summed E-state index contributed by atoms with van der Waals surface area (Å²) < 4.78 is 17.7. The molecule has 0 aliphatic rings. The van der Waals surface area contributed by atoms with Crippen molar-refractivity contribution in [1.29, 1.82) is 0 Å². The van der Waals surface area contributed by atoms with Gasteiger partial charge in [0.05, 0.1) is 18.1 Å². The predicted octanol–water partition coefficient (Wildman–Crippen LogP) is 2.40. The Morgan fingerprint density at radius 3 is 2.83 bits per heavy atom. The molecule has 1 heterocycles. The van der Waals surface area contributed by atoms with Gasteiger partial charge in [-0.15, -0.1) is 0 Å². The van der Waals surface area contributed by atoms with Crippen molar-refractivity contribution in [3.05, 3.63) is 53.7 Å². The van der Waals surface area contributed by atoms with E-state index in [0.717, 1.165) is 17.7 Å². The van der Waals surface area contributed by atoms with E-state index in [4.69, 9.17) is 4.42 Å². The van der Waals surface area contributed by atoms with E-state index in [1.165, 1.54) is 23.5 Å². The number of hydrogen-bond acceptors (Lipinski definition) is 3. The molecule has 0 aliphatic carbocycles. The van der Waals surface area contributed by atoms with Gasteiger partial charge in [-0.2, -0.15) is 0 Å². The molecular weight excluding hydrogens is 237 g/mol. The second-order valence-corrected chi connectivity index (χ2v) is 3.95. The van der Waals surface area contributed by atoms with Gasteiger partial charge >= 0.3 is 0 Å². The van der Waals surface area contributed by atoms with E-state index in [2.05, 4.69) is 0 Å². The van der Waals surface area contributed by atoms with Gasteiger partial charge in [0.1, 0.15) is 11.6 Å². The van der Waals surface area contributed by atoms with Crippen LogP contribution in [-0.4, -0.2) is 23.0 Å². The lowest BCUT2D eigenvalue weighted by atomic mass is 10.1. The fourth-order valence-corrected chi connectivity index (χ4v) is 1.62. The zero-order valence-electron chi connectivity index (χ0n) is 9.76. The average molecular weight is 249 g/mol. The second-order valence-electron chi connectivity index (χ2n) is 3.95. The van der Waals surface area contributed by atoms with Gasteiger partial charge in [-0.1, -0.05) is 0 Å². The summed E-state index contributed by atoms with van der Waals surface area (Å²) in [7, 11) is 1.60. The first-order chi connectivity index (χ1) is 8.58. The SMILES string of the molecule is CN(Cc1ccoc1)C(=O)c1ccc(F)cc1O.